The minimum atomic E-state index is -1.23. The zero-order chi connectivity index (χ0) is 31.1. The first-order chi connectivity index (χ1) is 20.6. The van der Waals surface area contributed by atoms with Crippen molar-refractivity contribution in [3.05, 3.63) is 128 Å². The number of nitrogens with zero attached hydrogens (tertiary/aromatic N) is 1. The van der Waals surface area contributed by atoms with E-state index in [1.807, 2.05) is 6.92 Å². The van der Waals surface area contributed by atoms with Crippen molar-refractivity contribution in [2.45, 2.75) is 19.8 Å². The number of aromatic hydroxyl groups is 2. The molecule has 0 unspecified atom stereocenters. The Labute approximate surface area is 245 Å². The number of rotatable bonds is 11. The summed E-state index contributed by atoms with van der Waals surface area (Å²) >= 11 is 0. The van der Waals surface area contributed by atoms with Gasteiger partial charge in [0.15, 0.2) is 23.1 Å². The van der Waals surface area contributed by atoms with Gasteiger partial charge in [0.1, 0.15) is 0 Å². The van der Waals surface area contributed by atoms with Crippen LogP contribution < -0.4 is 4.74 Å². The Hall–Kier alpha value is -5.84. The lowest BCUT2D eigenvalue weighted by Crippen LogP contribution is -2.22. The number of esters is 2. The lowest BCUT2D eigenvalue weighted by Gasteiger charge is -2.20. The topological polar surface area (TPSA) is 170 Å². The number of ketones is 2. The second-order valence-electron chi connectivity index (χ2n) is 9.23. The van der Waals surface area contributed by atoms with E-state index in [1.165, 1.54) is 60.7 Å². The molecule has 2 N–H and O–H groups in total. The minimum Gasteiger partial charge on any atom is -0.504 e. The second kappa shape index (κ2) is 13.2. The fourth-order valence-corrected chi connectivity index (χ4v) is 4.19. The molecule has 0 aliphatic rings. The average Bonchev–Trinajstić information content (AvgIpc) is 3.03. The molecule has 0 radical (unpaired) electrons. The highest BCUT2D eigenvalue weighted by Gasteiger charge is 2.37. The molecular formula is C32H25NO10. The lowest BCUT2D eigenvalue weighted by atomic mass is 9.88. The van der Waals surface area contributed by atoms with Crippen molar-refractivity contribution in [3.8, 4) is 17.2 Å². The standard InChI is InChI=1S/C32H25NO10/c1-2-3-17-42-32(39)23-24(26(34)19-11-6-4-7-12-19)28(36)29(37)30(43-31(38)20-13-8-5-9-14-20)25(23)27(35)21-15-10-16-22(18-21)33(40)41/h4-16,18,36-37H,2-3,17H2,1H3. The first kappa shape index (κ1) is 30.1. The Morgan fingerprint density at radius 2 is 1.30 bits per heavy atom. The molecule has 4 aromatic rings. The highest BCUT2D eigenvalue weighted by molar-refractivity contribution is 6.24. The number of phenols is 2. The van der Waals surface area contributed by atoms with Crippen molar-refractivity contribution in [1.29, 1.82) is 0 Å². The predicted molar refractivity (Wildman–Crippen MR) is 153 cm³/mol. The maximum absolute atomic E-state index is 14.1. The SMILES string of the molecule is CCCCOC(=O)c1c(C(=O)c2ccccc2)c(O)c(O)c(OC(=O)c2ccccc2)c1C(=O)c1cccc([N+](=O)[O-])c1. The fraction of sp³-hybridized carbons (Fsp3) is 0.125. The van der Waals surface area contributed by atoms with E-state index in [2.05, 4.69) is 0 Å². The van der Waals surface area contributed by atoms with Gasteiger partial charge in [-0.1, -0.05) is 74.0 Å². The summed E-state index contributed by atoms with van der Waals surface area (Å²) in [5, 5.41) is 33.7. The Balaban J connectivity index is 2.05. The van der Waals surface area contributed by atoms with Gasteiger partial charge in [-0.05, 0) is 18.6 Å². The summed E-state index contributed by atoms with van der Waals surface area (Å²) in [6, 6.07) is 19.4. The molecule has 0 spiro atoms. The number of hydrogen-bond acceptors (Lipinski definition) is 10. The molecule has 11 nitrogen and oxygen atoms in total. The lowest BCUT2D eigenvalue weighted by molar-refractivity contribution is -0.384. The molecule has 43 heavy (non-hydrogen) atoms. The molecule has 11 heteroatoms. The number of nitro groups is 1. The van der Waals surface area contributed by atoms with Crippen LogP contribution in [0.3, 0.4) is 0 Å². The van der Waals surface area contributed by atoms with E-state index in [0.29, 0.717) is 12.8 Å². The molecule has 0 aromatic heterocycles. The number of phenolic OH excluding ortho intramolecular Hbond substituents is 2. The van der Waals surface area contributed by atoms with E-state index in [0.717, 1.165) is 12.1 Å². The highest BCUT2D eigenvalue weighted by atomic mass is 16.6. The summed E-state index contributed by atoms with van der Waals surface area (Å²) in [6.45, 7) is 1.71. The van der Waals surface area contributed by atoms with Crippen LogP contribution in [0.5, 0.6) is 17.2 Å². The van der Waals surface area contributed by atoms with Crippen molar-refractivity contribution < 1.29 is 43.8 Å². The molecule has 4 aromatic carbocycles. The zero-order valence-corrected chi connectivity index (χ0v) is 22.8. The molecule has 0 fully saturated rings. The molecule has 4 rings (SSSR count). The van der Waals surface area contributed by atoms with Gasteiger partial charge in [0.05, 0.1) is 33.8 Å². The third-order valence-electron chi connectivity index (χ3n) is 6.35. The van der Waals surface area contributed by atoms with Gasteiger partial charge in [-0.3, -0.25) is 19.7 Å². The number of benzene rings is 4. The molecule has 0 heterocycles. The molecule has 0 saturated carbocycles. The minimum absolute atomic E-state index is 0.00773. The van der Waals surface area contributed by atoms with E-state index < -0.39 is 68.1 Å². The number of hydrogen-bond donors (Lipinski definition) is 2. The van der Waals surface area contributed by atoms with Crippen molar-refractivity contribution in [1.82, 2.24) is 0 Å². The van der Waals surface area contributed by atoms with E-state index in [1.54, 1.807) is 12.1 Å². The summed E-state index contributed by atoms with van der Waals surface area (Å²) in [5.74, 6) is -7.63. The Bertz CT molecular complexity index is 1720. The molecule has 0 bridgehead atoms. The van der Waals surface area contributed by atoms with Crippen molar-refractivity contribution in [2.24, 2.45) is 0 Å². The predicted octanol–water partition coefficient (Wildman–Crippen LogP) is 5.64. The van der Waals surface area contributed by atoms with E-state index >= 15 is 0 Å². The zero-order valence-electron chi connectivity index (χ0n) is 22.8. The van der Waals surface area contributed by atoms with Crippen LogP contribution in [0, 0.1) is 10.1 Å². The summed E-state index contributed by atoms with van der Waals surface area (Å²) in [7, 11) is 0. The van der Waals surface area contributed by atoms with Gasteiger partial charge in [0, 0.05) is 23.3 Å². The highest BCUT2D eigenvalue weighted by Crippen LogP contribution is 2.46. The number of carbonyl (C=O) groups excluding carboxylic acids is 4. The van der Waals surface area contributed by atoms with Gasteiger partial charge < -0.3 is 19.7 Å². The largest absolute Gasteiger partial charge is 0.504 e. The molecule has 218 valence electrons. The Morgan fingerprint density at radius 3 is 1.91 bits per heavy atom. The third kappa shape index (κ3) is 6.41. The van der Waals surface area contributed by atoms with Gasteiger partial charge >= 0.3 is 11.9 Å². The van der Waals surface area contributed by atoms with Gasteiger partial charge in [-0.2, -0.15) is 0 Å². The number of ether oxygens (including phenoxy) is 2. The average molecular weight is 584 g/mol. The van der Waals surface area contributed by atoms with Crippen LogP contribution in [0.25, 0.3) is 0 Å². The first-order valence-corrected chi connectivity index (χ1v) is 13.1. The van der Waals surface area contributed by atoms with Crippen LogP contribution in [-0.4, -0.2) is 45.2 Å². The van der Waals surface area contributed by atoms with E-state index in [-0.39, 0.29) is 23.3 Å². The van der Waals surface area contributed by atoms with Gasteiger partial charge in [0.2, 0.25) is 5.75 Å². The molecule has 0 aliphatic carbocycles. The van der Waals surface area contributed by atoms with Crippen LogP contribution in [0.4, 0.5) is 5.69 Å². The fourth-order valence-electron chi connectivity index (χ4n) is 4.19. The second-order valence-corrected chi connectivity index (χ2v) is 9.23. The number of carbonyl (C=O) groups is 4. The van der Waals surface area contributed by atoms with Crippen molar-refractivity contribution >= 4 is 29.2 Å². The van der Waals surface area contributed by atoms with Crippen LogP contribution in [0.15, 0.2) is 84.9 Å². The van der Waals surface area contributed by atoms with Crippen LogP contribution in [0.1, 0.15) is 72.3 Å². The normalized spacial score (nSPS) is 10.5. The maximum Gasteiger partial charge on any atom is 0.343 e. The smallest absolute Gasteiger partial charge is 0.343 e. The monoisotopic (exact) mass is 583 g/mol. The van der Waals surface area contributed by atoms with Gasteiger partial charge in [-0.15, -0.1) is 0 Å². The molecular weight excluding hydrogens is 558 g/mol. The van der Waals surface area contributed by atoms with Crippen LogP contribution >= 0.6 is 0 Å². The molecule has 0 saturated heterocycles. The van der Waals surface area contributed by atoms with E-state index in [9.17, 15) is 39.5 Å². The van der Waals surface area contributed by atoms with Crippen molar-refractivity contribution in [3.63, 3.8) is 0 Å². The van der Waals surface area contributed by atoms with Crippen LogP contribution in [0.2, 0.25) is 0 Å². The Morgan fingerprint density at radius 1 is 0.721 bits per heavy atom. The van der Waals surface area contributed by atoms with E-state index in [4.69, 9.17) is 9.47 Å². The van der Waals surface area contributed by atoms with Gasteiger partial charge in [-0.25, -0.2) is 9.59 Å². The quantitative estimate of drug-likeness (QED) is 0.0428. The number of non-ortho nitro benzene ring substituents is 1. The number of unbranched alkanes of at least 4 members (excludes halogenated alkanes) is 1. The molecule has 0 atom stereocenters. The van der Waals surface area contributed by atoms with Crippen molar-refractivity contribution in [2.75, 3.05) is 6.61 Å². The van der Waals surface area contributed by atoms with Crippen LogP contribution in [-0.2, 0) is 4.74 Å². The summed E-state index contributed by atoms with van der Waals surface area (Å²) in [6.07, 6.45) is 1.05. The maximum atomic E-state index is 14.1. The Kier molecular flexibility index (Phi) is 9.26. The van der Waals surface area contributed by atoms with Gasteiger partial charge in [0.25, 0.3) is 5.69 Å². The molecule has 0 aliphatic heterocycles. The molecule has 0 amide bonds. The third-order valence-corrected chi connectivity index (χ3v) is 6.35. The number of nitro benzene ring substituents is 1. The summed E-state index contributed by atoms with van der Waals surface area (Å²) in [4.78, 5) is 65.1. The summed E-state index contributed by atoms with van der Waals surface area (Å²) in [5.41, 5.74) is -3.19. The summed E-state index contributed by atoms with van der Waals surface area (Å²) < 4.78 is 10.7. The first-order valence-electron chi connectivity index (χ1n) is 13.1.